The highest BCUT2D eigenvalue weighted by Gasteiger charge is 2.08. The van der Waals surface area contributed by atoms with Gasteiger partial charge in [-0.2, -0.15) is 0 Å². The number of carbonyl (C=O) groups is 2. The summed E-state index contributed by atoms with van der Waals surface area (Å²) in [6.45, 7) is 5.61. The third-order valence-corrected chi connectivity index (χ3v) is 3.29. The summed E-state index contributed by atoms with van der Waals surface area (Å²) in [4.78, 5) is 27.1. The van der Waals surface area contributed by atoms with Gasteiger partial charge in [0.1, 0.15) is 0 Å². The van der Waals surface area contributed by atoms with E-state index in [1.165, 1.54) is 17.4 Å². The molecule has 1 atom stereocenters. The highest BCUT2D eigenvalue weighted by atomic mass is 32.1. The van der Waals surface area contributed by atoms with E-state index in [0.717, 1.165) is 17.8 Å². The van der Waals surface area contributed by atoms with E-state index < -0.39 is 5.97 Å². The lowest BCUT2D eigenvalue weighted by atomic mass is 10.2. The van der Waals surface area contributed by atoms with Crippen LogP contribution >= 0.6 is 11.3 Å². The van der Waals surface area contributed by atoms with Gasteiger partial charge in [0.15, 0.2) is 6.61 Å². The van der Waals surface area contributed by atoms with E-state index >= 15 is 0 Å². The molecule has 0 radical (unpaired) electrons. The van der Waals surface area contributed by atoms with Crippen molar-refractivity contribution in [2.24, 2.45) is 0 Å². The zero-order chi connectivity index (χ0) is 15.0. The van der Waals surface area contributed by atoms with Crippen LogP contribution in [-0.2, 0) is 14.3 Å². The topological polar surface area (TPSA) is 68.3 Å². The van der Waals surface area contributed by atoms with Gasteiger partial charge in [0.25, 0.3) is 5.91 Å². The number of aromatic nitrogens is 1. The number of ether oxygens (including phenoxy) is 1. The number of thiazole rings is 1. The SMILES string of the molecule is CCCC(C)NC(=O)COC(=O)/C=C/c1csc(C)n1. The average Bonchev–Trinajstić information content (AvgIpc) is 2.80. The summed E-state index contributed by atoms with van der Waals surface area (Å²) >= 11 is 1.51. The van der Waals surface area contributed by atoms with Gasteiger partial charge in [-0.25, -0.2) is 9.78 Å². The second-order valence-corrected chi connectivity index (χ2v) is 5.55. The Bertz CT molecular complexity index is 483. The third-order valence-electron chi connectivity index (χ3n) is 2.50. The van der Waals surface area contributed by atoms with Gasteiger partial charge in [-0.3, -0.25) is 4.79 Å². The summed E-state index contributed by atoms with van der Waals surface area (Å²) in [5.74, 6) is -0.828. The first-order valence-corrected chi connectivity index (χ1v) is 7.45. The van der Waals surface area contributed by atoms with E-state index in [4.69, 9.17) is 4.74 Å². The van der Waals surface area contributed by atoms with Crippen molar-refractivity contribution in [3.8, 4) is 0 Å². The van der Waals surface area contributed by atoms with Gasteiger partial charge >= 0.3 is 5.97 Å². The van der Waals surface area contributed by atoms with E-state index in [1.807, 2.05) is 26.2 Å². The lowest BCUT2D eigenvalue weighted by molar-refractivity contribution is -0.144. The molecule has 0 aliphatic rings. The number of amides is 1. The molecule has 5 nitrogen and oxygen atoms in total. The van der Waals surface area contributed by atoms with E-state index in [1.54, 1.807) is 6.08 Å². The predicted molar refractivity (Wildman–Crippen MR) is 79.4 cm³/mol. The fourth-order valence-electron chi connectivity index (χ4n) is 1.62. The van der Waals surface area contributed by atoms with Crippen LogP contribution in [0.2, 0.25) is 0 Å². The molecular weight excluding hydrogens is 276 g/mol. The maximum Gasteiger partial charge on any atom is 0.331 e. The highest BCUT2D eigenvalue weighted by Crippen LogP contribution is 2.09. The first-order valence-electron chi connectivity index (χ1n) is 6.57. The van der Waals surface area contributed by atoms with Crippen LogP contribution in [0.5, 0.6) is 0 Å². The normalized spacial score (nSPS) is 12.3. The molecule has 1 rings (SSSR count). The van der Waals surface area contributed by atoms with Gasteiger partial charge in [0, 0.05) is 17.5 Å². The van der Waals surface area contributed by atoms with Crippen molar-refractivity contribution >= 4 is 29.3 Å². The van der Waals surface area contributed by atoms with Crippen LogP contribution < -0.4 is 5.32 Å². The predicted octanol–water partition coefficient (Wildman–Crippen LogP) is 2.31. The van der Waals surface area contributed by atoms with Crippen LogP contribution in [-0.4, -0.2) is 29.5 Å². The minimum Gasteiger partial charge on any atom is -0.452 e. The average molecular weight is 296 g/mol. The summed E-state index contributed by atoms with van der Waals surface area (Å²) in [6.07, 6.45) is 4.75. The van der Waals surface area contributed by atoms with E-state index in [2.05, 4.69) is 10.3 Å². The summed E-state index contributed by atoms with van der Waals surface area (Å²) in [6, 6.07) is 0.0970. The smallest absolute Gasteiger partial charge is 0.331 e. The Labute approximate surface area is 123 Å². The molecule has 0 saturated heterocycles. The fourth-order valence-corrected chi connectivity index (χ4v) is 2.20. The van der Waals surface area contributed by atoms with Crippen LogP contribution in [0.4, 0.5) is 0 Å². The Hall–Kier alpha value is -1.69. The summed E-state index contributed by atoms with van der Waals surface area (Å²) in [5, 5.41) is 5.54. The minimum atomic E-state index is -0.547. The molecule has 1 aromatic heterocycles. The van der Waals surface area contributed by atoms with Gasteiger partial charge in [-0.15, -0.1) is 11.3 Å². The Balaban J connectivity index is 2.29. The Morgan fingerprint density at radius 3 is 2.90 bits per heavy atom. The van der Waals surface area contributed by atoms with Crippen LogP contribution in [0, 0.1) is 6.92 Å². The molecule has 1 amide bonds. The van der Waals surface area contributed by atoms with Crippen LogP contribution in [0.15, 0.2) is 11.5 Å². The number of esters is 1. The summed E-state index contributed by atoms with van der Waals surface area (Å²) < 4.78 is 4.85. The van der Waals surface area contributed by atoms with Crippen molar-refractivity contribution in [2.75, 3.05) is 6.61 Å². The molecule has 20 heavy (non-hydrogen) atoms. The van der Waals surface area contributed by atoms with E-state index in [-0.39, 0.29) is 18.6 Å². The molecule has 110 valence electrons. The number of rotatable bonds is 7. The Kier molecular flexibility index (Phi) is 6.93. The monoisotopic (exact) mass is 296 g/mol. The lowest BCUT2D eigenvalue weighted by Crippen LogP contribution is -2.35. The van der Waals surface area contributed by atoms with Crippen LogP contribution in [0.3, 0.4) is 0 Å². The second-order valence-electron chi connectivity index (χ2n) is 4.49. The maximum absolute atomic E-state index is 11.5. The van der Waals surface area contributed by atoms with E-state index in [0.29, 0.717) is 5.69 Å². The van der Waals surface area contributed by atoms with Gasteiger partial charge in [0.05, 0.1) is 10.7 Å². The molecule has 0 aliphatic heterocycles. The summed E-state index contributed by atoms with van der Waals surface area (Å²) in [5.41, 5.74) is 0.713. The molecule has 1 aromatic rings. The molecule has 0 aromatic carbocycles. The zero-order valence-corrected chi connectivity index (χ0v) is 12.8. The van der Waals surface area contributed by atoms with Crippen molar-refractivity contribution in [1.29, 1.82) is 0 Å². The number of nitrogens with one attached hydrogen (secondary N) is 1. The van der Waals surface area contributed by atoms with Crippen molar-refractivity contribution in [1.82, 2.24) is 10.3 Å². The first-order chi connectivity index (χ1) is 9.51. The molecule has 0 aliphatic carbocycles. The van der Waals surface area contributed by atoms with Crippen molar-refractivity contribution in [2.45, 2.75) is 39.7 Å². The standard InChI is InChI=1S/C14H20N2O3S/c1-4-5-10(2)15-13(17)8-19-14(18)7-6-12-9-20-11(3)16-12/h6-7,9-10H,4-5,8H2,1-3H3,(H,15,17)/b7-6+. The minimum absolute atomic E-state index is 0.0970. The van der Waals surface area contributed by atoms with Crippen molar-refractivity contribution in [3.05, 3.63) is 22.2 Å². The quantitative estimate of drug-likeness (QED) is 0.619. The molecule has 1 heterocycles. The Morgan fingerprint density at radius 2 is 2.30 bits per heavy atom. The lowest BCUT2D eigenvalue weighted by Gasteiger charge is -2.12. The maximum atomic E-state index is 11.5. The summed E-state index contributed by atoms with van der Waals surface area (Å²) in [7, 11) is 0. The van der Waals surface area contributed by atoms with Gasteiger partial charge in [-0.05, 0) is 26.3 Å². The highest BCUT2D eigenvalue weighted by molar-refractivity contribution is 7.09. The second kappa shape index (κ2) is 8.47. The van der Waals surface area contributed by atoms with E-state index in [9.17, 15) is 9.59 Å². The van der Waals surface area contributed by atoms with Crippen molar-refractivity contribution in [3.63, 3.8) is 0 Å². The number of aryl methyl sites for hydroxylation is 1. The molecule has 0 saturated carbocycles. The van der Waals surface area contributed by atoms with Crippen LogP contribution in [0.25, 0.3) is 6.08 Å². The van der Waals surface area contributed by atoms with Gasteiger partial charge < -0.3 is 10.1 Å². The third kappa shape index (κ3) is 6.47. The number of hydrogen-bond donors (Lipinski definition) is 1. The largest absolute Gasteiger partial charge is 0.452 e. The van der Waals surface area contributed by atoms with Gasteiger partial charge in [-0.1, -0.05) is 13.3 Å². The molecule has 0 fully saturated rings. The molecule has 0 spiro atoms. The van der Waals surface area contributed by atoms with Crippen molar-refractivity contribution < 1.29 is 14.3 Å². The molecule has 6 heteroatoms. The molecule has 1 unspecified atom stereocenters. The van der Waals surface area contributed by atoms with Gasteiger partial charge in [0.2, 0.25) is 0 Å². The fraction of sp³-hybridized carbons (Fsp3) is 0.500. The number of nitrogens with zero attached hydrogens (tertiary/aromatic N) is 1. The molecular formula is C14H20N2O3S. The molecule has 1 N–H and O–H groups in total. The number of carbonyl (C=O) groups excluding carboxylic acids is 2. The number of hydrogen-bond acceptors (Lipinski definition) is 5. The molecule has 0 bridgehead atoms. The zero-order valence-electron chi connectivity index (χ0n) is 12.0. The first kappa shape index (κ1) is 16.4. The van der Waals surface area contributed by atoms with Crippen LogP contribution in [0.1, 0.15) is 37.4 Å². The Morgan fingerprint density at radius 1 is 1.55 bits per heavy atom.